The maximum absolute atomic E-state index is 13.8. The first-order valence-electron chi connectivity index (χ1n) is 13.0. The minimum Gasteiger partial charge on any atom is -0.530 e. The molecule has 39 heavy (non-hydrogen) atoms. The van der Waals surface area contributed by atoms with Crippen LogP contribution in [0, 0.1) is 17.2 Å². The van der Waals surface area contributed by atoms with Gasteiger partial charge >= 0.3 is 0 Å². The fourth-order valence-corrected chi connectivity index (χ4v) is 6.40. The molecule has 1 unspecified atom stereocenters. The number of aliphatic hydroxyl groups excluding tert-OH is 1. The zero-order valence-corrected chi connectivity index (χ0v) is 23.1. The fourth-order valence-electron chi connectivity index (χ4n) is 4.82. The predicted octanol–water partition coefficient (Wildman–Crippen LogP) is 2.03. The summed E-state index contributed by atoms with van der Waals surface area (Å²) in [5.41, 5.74) is 0.790. The van der Waals surface area contributed by atoms with Gasteiger partial charge in [-0.3, -0.25) is 0 Å². The van der Waals surface area contributed by atoms with Crippen LogP contribution in [0.15, 0.2) is 59.5 Å². The quantitative estimate of drug-likeness (QED) is 0.371. The lowest BCUT2D eigenvalue weighted by atomic mass is 9.97. The third-order valence-electron chi connectivity index (χ3n) is 6.95. The average Bonchev–Trinajstić information content (AvgIpc) is 3.46. The van der Waals surface area contributed by atoms with Gasteiger partial charge in [-0.15, -0.1) is 0 Å². The molecule has 0 bridgehead atoms. The van der Waals surface area contributed by atoms with Crippen LogP contribution in [0.4, 0.5) is 4.79 Å². The van der Waals surface area contributed by atoms with Crippen LogP contribution in [0.25, 0.3) is 0 Å². The first-order valence-corrected chi connectivity index (χ1v) is 14.4. The highest BCUT2D eigenvalue weighted by molar-refractivity contribution is 7.89. The molecule has 1 fully saturated rings. The number of aliphatic hydroxyl groups is 1. The Balaban J connectivity index is 1.96. The lowest BCUT2D eigenvalue weighted by Crippen LogP contribution is -2.59. The summed E-state index contributed by atoms with van der Waals surface area (Å²) in [6.45, 7) is 2.09. The molecule has 212 valence electrons. The minimum atomic E-state index is -4.08. The monoisotopic (exact) mass is 558 g/mol. The molecule has 2 aromatic carbocycles. The van der Waals surface area contributed by atoms with Crippen molar-refractivity contribution in [3.63, 3.8) is 0 Å². The summed E-state index contributed by atoms with van der Waals surface area (Å²) in [6.07, 6.45) is -1.48. The Morgan fingerprint density at radius 2 is 1.90 bits per heavy atom. The number of sulfonamides is 1. The SMILES string of the molecule is COc1ccc(S(=O)(=O)N(CC(C)CCC#N)C[C@@H](O)[C@H](Cc2ccccc2)N(C(=O)[O-])[C@H]2CCOC2)cc1. The van der Waals surface area contributed by atoms with E-state index in [9.17, 15) is 23.4 Å². The van der Waals surface area contributed by atoms with Crippen molar-refractivity contribution < 1.29 is 32.9 Å². The van der Waals surface area contributed by atoms with Gasteiger partial charge < -0.3 is 29.4 Å². The third kappa shape index (κ3) is 8.16. The molecule has 3 rings (SSSR count). The maximum atomic E-state index is 13.8. The van der Waals surface area contributed by atoms with Crippen molar-refractivity contribution in [2.24, 2.45) is 5.92 Å². The molecule has 0 spiro atoms. The van der Waals surface area contributed by atoms with Gasteiger partial charge in [-0.25, -0.2) is 8.42 Å². The summed E-state index contributed by atoms with van der Waals surface area (Å²) in [5.74, 6) is 0.312. The molecule has 1 aliphatic rings. The van der Waals surface area contributed by atoms with Crippen molar-refractivity contribution in [2.75, 3.05) is 33.4 Å². The van der Waals surface area contributed by atoms with Crippen molar-refractivity contribution in [3.8, 4) is 11.8 Å². The molecule has 1 heterocycles. The lowest BCUT2D eigenvalue weighted by Gasteiger charge is -2.41. The van der Waals surface area contributed by atoms with Crippen molar-refractivity contribution in [3.05, 3.63) is 60.2 Å². The highest BCUT2D eigenvalue weighted by atomic mass is 32.2. The largest absolute Gasteiger partial charge is 0.530 e. The number of carbonyl (C=O) groups is 1. The Morgan fingerprint density at radius 1 is 1.21 bits per heavy atom. The Morgan fingerprint density at radius 3 is 2.46 bits per heavy atom. The molecule has 0 radical (unpaired) electrons. The molecule has 0 aliphatic carbocycles. The Labute approximate surface area is 230 Å². The molecular weight excluding hydrogens is 522 g/mol. The van der Waals surface area contributed by atoms with Crippen LogP contribution in [-0.4, -0.2) is 80.4 Å². The molecule has 1 N–H and O–H groups in total. The molecule has 0 aromatic heterocycles. The highest BCUT2D eigenvalue weighted by Gasteiger charge is 2.37. The third-order valence-corrected chi connectivity index (χ3v) is 8.80. The van der Waals surface area contributed by atoms with Crippen molar-refractivity contribution in [1.82, 2.24) is 9.21 Å². The smallest absolute Gasteiger partial charge is 0.243 e. The standard InChI is InChI=1S/C28H37N3O7S/c1-21(7-6-15-29)18-30(39(35,36)25-12-10-24(37-2)11-13-25)19-27(32)26(17-22-8-4-3-5-9-22)31(28(33)34)23-14-16-38-20-23/h3-5,8-13,21,23,26-27,32H,6-7,14,16-20H2,1-2H3,(H,33,34)/p-1/t21?,23-,26-,27+/m0/s1. The highest BCUT2D eigenvalue weighted by Crippen LogP contribution is 2.25. The van der Waals surface area contributed by atoms with Crippen LogP contribution in [0.1, 0.15) is 31.7 Å². The second kappa shape index (κ2) is 14.3. The number of carbonyl (C=O) groups excluding carboxylic acids is 1. The van der Waals surface area contributed by atoms with Gasteiger partial charge in [0, 0.05) is 26.1 Å². The van der Waals surface area contributed by atoms with Crippen LogP contribution in [0.5, 0.6) is 5.75 Å². The summed E-state index contributed by atoms with van der Waals surface area (Å²) < 4.78 is 39.3. The van der Waals surface area contributed by atoms with E-state index in [1.165, 1.54) is 35.7 Å². The van der Waals surface area contributed by atoms with E-state index in [4.69, 9.17) is 14.7 Å². The molecule has 4 atom stereocenters. The molecule has 1 aliphatic heterocycles. The van der Waals surface area contributed by atoms with Crippen molar-refractivity contribution in [1.29, 1.82) is 5.26 Å². The fraction of sp³-hybridized carbons (Fsp3) is 0.500. The second-order valence-corrected chi connectivity index (χ2v) is 11.8. The molecule has 0 saturated carbocycles. The van der Waals surface area contributed by atoms with Gasteiger partial charge in [-0.1, -0.05) is 37.3 Å². The summed E-state index contributed by atoms with van der Waals surface area (Å²) in [5, 5.41) is 32.9. The first kappa shape index (κ1) is 30.4. The minimum absolute atomic E-state index is 0.0172. The number of ether oxygens (including phenoxy) is 2. The van der Waals surface area contributed by atoms with Gasteiger partial charge in [-0.2, -0.15) is 9.57 Å². The number of benzene rings is 2. The first-order chi connectivity index (χ1) is 18.7. The Hall–Kier alpha value is -3.17. The van der Waals surface area contributed by atoms with E-state index < -0.39 is 34.3 Å². The molecule has 1 saturated heterocycles. The van der Waals surface area contributed by atoms with Gasteiger partial charge in [0.05, 0.1) is 42.9 Å². The van der Waals surface area contributed by atoms with Gasteiger partial charge in [0.15, 0.2) is 0 Å². The summed E-state index contributed by atoms with van der Waals surface area (Å²) in [4.78, 5) is 13.5. The zero-order valence-electron chi connectivity index (χ0n) is 22.3. The van der Waals surface area contributed by atoms with E-state index in [1.807, 2.05) is 37.3 Å². The molecule has 10 nitrogen and oxygen atoms in total. The van der Waals surface area contributed by atoms with Gasteiger partial charge in [0.2, 0.25) is 10.0 Å². The van der Waals surface area contributed by atoms with Crippen LogP contribution in [-0.2, 0) is 21.2 Å². The number of nitrogens with zero attached hydrogens (tertiary/aromatic N) is 3. The number of nitriles is 1. The van der Waals surface area contributed by atoms with Crippen LogP contribution < -0.4 is 9.84 Å². The van der Waals surface area contributed by atoms with Gasteiger partial charge in [-0.05, 0) is 55.0 Å². The summed E-state index contributed by atoms with van der Waals surface area (Å²) in [6, 6.07) is 15.6. The van der Waals surface area contributed by atoms with Crippen LogP contribution in [0.3, 0.4) is 0 Å². The topological polar surface area (TPSA) is 143 Å². The van der Waals surface area contributed by atoms with E-state index in [0.717, 1.165) is 10.5 Å². The van der Waals surface area contributed by atoms with Crippen molar-refractivity contribution in [2.45, 2.75) is 55.7 Å². The van der Waals surface area contributed by atoms with Gasteiger partial charge in [0.1, 0.15) is 11.8 Å². The number of carboxylic acid groups (broad SMARTS) is 1. The number of rotatable bonds is 14. The van der Waals surface area contributed by atoms with E-state index in [2.05, 4.69) is 6.07 Å². The number of hydrogen-bond donors (Lipinski definition) is 1. The summed E-state index contributed by atoms with van der Waals surface area (Å²) >= 11 is 0. The molecule has 11 heteroatoms. The second-order valence-electron chi connectivity index (χ2n) is 9.81. The number of hydrogen-bond acceptors (Lipinski definition) is 8. The lowest BCUT2D eigenvalue weighted by molar-refractivity contribution is -0.272. The van der Waals surface area contributed by atoms with Crippen LogP contribution >= 0.6 is 0 Å². The predicted molar refractivity (Wildman–Crippen MR) is 142 cm³/mol. The molecule has 1 amide bonds. The van der Waals surface area contributed by atoms with E-state index in [1.54, 1.807) is 0 Å². The Kier molecular flexibility index (Phi) is 11.1. The Bertz CT molecular complexity index is 1200. The van der Waals surface area contributed by atoms with E-state index in [-0.39, 0.29) is 43.4 Å². The number of methoxy groups -OCH3 is 1. The van der Waals surface area contributed by atoms with E-state index >= 15 is 0 Å². The summed E-state index contributed by atoms with van der Waals surface area (Å²) in [7, 11) is -2.60. The average molecular weight is 559 g/mol. The number of amides is 1. The van der Waals surface area contributed by atoms with E-state index in [0.29, 0.717) is 25.2 Å². The maximum Gasteiger partial charge on any atom is 0.243 e. The van der Waals surface area contributed by atoms with Crippen molar-refractivity contribution >= 4 is 16.1 Å². The molecule has 2 aromatic rings. The van der Waals surface area contributed by atoms with Gasteiger partial charge in [0.25, 0.3) is 0 Å². The molecular formula is C28H36N3O7S-. The zero-order chi connectivity index (χ0) is 28.4. The normalized spacial score (nSPS) is 17.8. The van der Waals surface area contributed by atoms with Crippen LogP contribution in [0.2, 0.25) is 0 Å².